The highest BCUT2D eigenvalue weighted by Gasteiger charge is 2.28. The van der Waals surface area contributed by atoms with E-state index in [-0.39, 0.29) is 16.5 Å². The Bertz CT molecular complexity index is 888. The Kier molecular flexibility index (Phi) is 6.13. The standard InChI is InChI=1S/C18H23N3O4S2/c1-20(13-14-3-5-15(25-2)6-4-14)18(22)17-11-16(12-19-17)27(23,24)21-7-9-26-10-8-21/h3-6,11-12,19H,7-10,13H2,1-2H3. The van der Waals surface area contributed by atoms with E-state index in [1.54, 1.807) is 30.8 Å². The van der Waals surface area contributed by atoms with Crippen molar-refractivity contribution in [3.8, 4) is 5.75 Å². The van der Waals surface area contributed by atoms with Crippen molar-refractivity contribution in [2.75, 3.05) is 38.8 Å². The first-order chi connectivity index (χ1) is 12.9. The Balaban J connectivity index is 1.69. The van der Waals surface area contributed by atoms with Gasteiger partial charge in [0.25, 0.3) is 5.91 Å². The van der Waals surface area contributed by atoms with Crippen LogP contribution in [0.3, 0.4) is 0 Å². The van der Waals surface area contributed by atoms with Crippen LogP contribution in [0.5, 0.6) is 5.75 Å². The van der Waals surface area contributed by atoms with Gasteiger partial charge in [0.05, 0.1) is 7.11 Å². The van der Waals surface area contributed by atoms with Gasteiger partial charge in [0, 0.05) is 44.4 Å². The number of nitrogens with zero attached hydrogens (tertiary/aromatic N) is 2. The highest BCUT2D eigenvalue weighted by atomic mass is 32.2. The van der Waals surface area contributed by atoms with Gasteiger partial charge < -0.3 is 14.6 Å². The number of rotatable bonds is 6. The first-order valence-corrected chi connectivity index (χ1v) is 11.2. The predicted molar refractivity (Wildman–Crippen MR) is 106 cm³/mol. The minimum absolute atomic E-state index is 0.135. The molecule has 1 fully saturated rings. The number of benzene rings is 1. The molecule has 3 rings (SSSR count). The van der Waals surface area contributed by atoms with Crippen LogP contribution in [0.25, 0.3) is 0 Å². The van der Waals surface area contributed by atoms with Gasteiger partial charge >= 0.3 is 0 Å². The molecule has 146 valence electrons. The summed E-state index contributed by atoms with van der Waals surface area (Å²) < 4.78 is 32.0. The van der Waals surface area contributed by atoms with Crippen LogP contribution in [0, 0.1) is 0 Å². The van der Waals surface area contributed by atoms with Crippen molar-refractivity contribution in [3.63, 3.8) is 0 Å². The first-order valence-electron chi connectivity index (χ1n) is 8.56. The Hall–Kier alpha value is -1.97. The van der Waals surface area contributed by atoms with Gasteiger partial charge in [0.2, 0.25) is 10.0 Å². The molecule has 2 heterocycles. The number of sulfonamides is 1. The second-order valence-corrected chi connectivity index (χ2v) is 9.44. The number of aromatic amines is 1. The summed E-state index contributed by atoms with van der Waals surface area (Å²) in [6.45, 7) is 1.41. The smallest absolute Gasteiger partial charge is 0.270 e. The molecular weight excluding hydrogens is 386 g/mol. The van der Waals surface area contributed by atoms with E-state index in [0.717, 1.165) is 22.8 Å². The lowest BCUT2D eigenvalue weighted by Gasteiger charge is -2.24. The summed E-state index contributed by atoms with van der Waals surface area (Å²) in [6.07, 6.45) is 1.39. The molecule has 0 aliphatic carbocycles. The van der Waals surface area contributed by atoms with Crippen LogP contribution in [-0.2, 0) is 16.6 Å². The normalized spacial score (nSPS) is 15.5. The third-order valence-electron chi connectivity index (χ3n) is 4.42. The second-order valence-electron chi connectivity index (χ2n) is 6.27. The van der Waals surface area contributed by atoms with E-state index in [9.17, 15) is 13.2 Å². The van der Waals surface area contributed by atoms with Gasteiger partial charge in [0.15, 0.2) is 0 Å². The van der Waals surface area contributed by atoms with Crippen LogP contribution in [0.15, 0.2) is 41.4 Å². The van der Waals surface area contributed by atoms with Gasteiger partial charge in [0.1, 0.15) is 16.3 Å². The number of H-pyrrole nitrogens is 1. The lowest BCUT2D eigenvalue weighted by molar-refractivity contribution is 0.0780. The van der Waals surface area contributed by atoms with Crippen molar-refractivity contribution in [2.24, 2.45) is 0 Å². The summed E-state index contributed by atoms with van der Waals surface area (Å²) in [7, 11) is -0.277. The van der Waals surface area contributed by atoms with Gasteiger partial charge in [-0.15, -0.1) is 0 Å². The fourth-order valence-corrected chi connectivity index (χ4v) is 5.44. The predicted octanol–water partition coefficient (Wildman–Crippen LogP) is 2.03. The first kappa shape index (κ1) is 19.8. The minimum Gasteiger partial charge on any atom is -0.497 e. The van der Waals surface area contributed by atoms with Crippen molar-refractivity contribution in [1.82, 2.24) is 14.2 Å². The fourth-order valence-electron chi connectivity index (χ4n) is 2.87. The molecule has 0 atom stereocenters. The maximum absolute atomic E-state index is 12.7. The Morgan fingerprint density at radius 3 is 2.56 bits per heavy atom. The van der Waals surface area contributed by atoms with Crippen molar-refractivity contribution in [1.29, 1.82) is 0 Å². The summed E-state index contributed by atoms with van der Waals surface area (Å²) >= 11 is 1.74. The van der Waals surface area contributed by atoms with E-state index in [4.69, 9.17) is 4.74 Å². The van der Waals surface area contributed by atoms with Crippen LogP contribution in [0.2, 0.25) is 0 Å². The van der Waals surface area contributed by atoms with Crippen LogP contribution in [0.1, 0.15) is 16.1 Å². The quantitative estimate of drug-likeness (QED) is 0.789. The van der Waals surface area contributed by atoms with Crippen LogP contribution in [-0.4, -0.2) is 67.3 Å². The molecule has 1 aliphatic heterocycles. The number of amides is 1. The average molecular weight is 410 g/mol. The number of aromatic nitrogens is 1. The summed E-state index contributed by atoms with van der Waals surface area (Å²) in [5, 5.41) is 0. The van der Waals surface area contributed by atoms with Gasteiger partial charge in [-0.2, -0.15) is 16.1 Å². The third-order valence-corrected chi connectivity index (χ3v) is 7.24. The van der Waals surface area contributed by atoms with Crippen molar-refractivity contribution < 1.29 is 17.9 Å². The molecule has 1 aliphatic rings. The van der Waals surface area contributed by atoms with Crippen LogP contribution >= 0.6 is 11.8 Å². The van der Waals surface area contributed by atoms with Crippen molar-refractivity contribution in [2.45, 2.75) is 11.4 Å². The zero-order valence-electron chi connectivity index (χ0n) is 15.3. The summed E-state index contributed by atoms with van der Waals surface area (Å²) in [6, 6.07) is 8.88. The minimum atomic E-state index is -3.56. The van der Waals surface area contributed by atoms with E-state index in [0.29, 0.717) is 19.6 Å². The molecule has 0 radical (unpaired) electrons. The molecule has 0 spiro atoms. The summed E-state index contributed by atoms with van der Waals surface area (Å²) in [5.74, 6) is 2.07. The molecule has 27 heavy (non-hydrogen) atoms. The number of methoxy groups -OCH3 is 1. The Morgan fingerprint density at radius 2 is 1.93 bits per heavy atom. The Morgan fingerprint density at radius 1 is 1.26 bits per heavy atom. The van der Waals surface area contributed by atoms with E-state index < -0.39 is 10.0 Å². The highest BCUT2D eigenvalue weighted by molar-refractivity contribution is 7.99. The highest BCUT2D eigenvalue weighted by Crippen LogP contribution is 2.21. The van der Waals surface area contributed by atoms with Gasteiger partial charge in [-0.3, -0.25) is 4.79 Å². The number of carbonyl (C=O) groups is 1. The Labute approximate surface area is 163 Å². The molecular formula is C18H23N3O4S2. The maximum atomic E-state index is 12.7. The van der Waals surface area contributed by atoms with E-state index in [2.05, 4.69) is 4.98 Å². The molecule has 1 N–H and O–H groups in total. The number of nitrogens with one attached hydrogen (secondary N) is 1. The zero-order valence-corrected chi connectivity index (χ0v) is 17.0. The lowest BCUT2D eigenvalue weighted by atomic mass is 10.2. The molecule has 1 aromatic heterocycles. The van der Waals surface area contributed by atoms with Crippen molar-refractivity contribution in [3.05, 3.63) is 47.8 Å². The third kappa shape index (κ3) is 4.48. The van der Waals surface area contributed by atoms with Gasteiger partial charge in [-0.1, -0.05) is 12.1 Å². The molecule has 0 unspecified atom stereocenters. The molecule has 2 aromatic rings. The molecule has 0 bridgehead atoms. The number of ether oxygens (including phenoxy) is 1. The van der Waals surface area contributed by atoms with Crippen LogP contribution < -0.4 is 4.74 Å². The lowest BCUT2D eigenvalue weighted by Crippen LogP contribution is -2.37. The molecule has 1 amide bonds. The molecule has 7 nitrogen and oxygen atoms in total. The van der Waals surface area contributed by atoms with Gasteiger partial charge in [-0.05, 0) is 23.8 Å². The molecule has 1 saturated heterocycles. The molecule has 0 saturated carbocycles. The largest absolute Gasteiger partial charge is 0.497 e. The van der Waals surface area contributed by atoms with E-state index >= 15 is 0 Å². The van der Waals surface area contributed by atoms with Crippen molar-refractivity contribution >= 4 is 27.7 Å². The summed E-state index contributed by atoms with van der Waals surface area (Å²) in [4.78, 5) is 17.1. The van der Waals surface area contributed by atoms with E-state index in [1.165, 1.54) is 16.6 Å². The maximum Gasteiger partial charge on any atom is 0.270 e. The second kappa shape index (κ2) is 8.37. The molecule has 9 heteroatoms. The summed E-state index contributed by atoms with van der Waals surface area (Å²) in [5.41, 5.74) is 1.22. The SMILES string of the molecule is COc1ccc(CN(C)C(=O)c2cc(S(=O)(=O)N3CCSCC3)c[nH]2)cc1. The average Bonchev–Trinajstić information content (AvgIpc) is 3.19. The van der Waals surface area contributed by atoms with E-state index in [1.807, 2.05) is 24.3 Å². The van der Waals surface area contributed by atoms with Crippen LogP contribution in [0.4, 0.5) is 0 Å². The monoisotopic (exact) mass is 409 g/mol. The zero-order chi connectivity index (χ0) is 19.4. The number of carbonyl (C=O) groups excluding carboxylic acids is 1. The topological polar surface area (TPSA) is 82.7 Å². The number of thioether (sulfide) groups is 1. The fraction of sp³-hybridized carbons (Fsp3) is 0.389. The number of hydrogen-bond acceptors (Lipinski definition) is 5. The molecule has 1 aromatic carbocycles. The van der Waals surface area contributed by atoms with Gasteiger partial charge in [-0.25, -0.2) is 8.42 Å². The number of hydrogen-bond donors (Lipinski definition) is 1.